The van der Waals surface area contributed by atoms with Crippen molar-refractivity contribution in [2.75, 3.05) is 13.1 Å². The number of aryl methyl sites for hydroxylation is 2. The Hall–Kier alpha value is -2.80. The smallest absolute Gasteiger partial charge is 0.221 e. The van der Waals surface area contributed by atoms with Crippen molar-refractivity contribution in [1.29, 1.82) is 0 Å². The molecule has 24 heavy (non-hydrogen) atoms. The fourth-order valence-corrected chi connectivity index (χ4v) is 2.55. The monoisotopic (exact) mass is 324 g/mol. The molecule has 0 aliphatic rings. The molecular weight excluding hydrogens is 304 g/mol. The van der Waals surface area contributed by atoms with Gasteiger partial charge in [-0.2, -0.15) is 0 Å². The van der Waals surface area contributed by atoms with Crippen LogP contribution in [0.3, 0.4) is 0 Å². The van der Waals surface area contributed by atoms with Crippen molar-refractivity contribution in [3.8, 4) is 11.4 Å². The van der Waals surface area contributed by atoms with Crippen molar-refractivity contribution < 1.29 is 4.79 Å². The van der Waals surface area contributed by atoms with E-state index >= 15 is 0 Å². The number of nitrogens with one attached hydrogen (secondary N) is 1. The highest BCUT2D eigenvalue weighted by Crippen LogP contribution is 2.23. The number of rotatable bonds is 6. The average molecular weight is 324 g/mol. The van der Waals surface area contributed by atoms with E-state index in [0.29, 0.717) is 26.1 Å². The predicted octanol–water partition coefficient (Wildman–Crippen LogP) is 1.27. The van der Waals surface area contributed by atoms with Gasteiger partial charge in [-0.1, -0.05) is 0 Å². The van der Waals surface area contributed by atoms with Gasteiger partial charge in [0, 0.05) is 50.2 Å². The molecule has 0 atom stereocenters. The van der Waals surface area contributed by atoms with Gasteiger partial charge in [0.2, 0.25) is 5.91 Å². The number of fused-ring (bicyclic) bond motifs is 1. The van der Waals surface area contributed by atoms with E-state index in [4.69, 9.17) is 10.7 Å². The molecule has 1 amide bonds. The summed E-state index contributed by atoms with van der Waals surface area (Å²) in [5.41, 5.74) is 8.94. The molecule has 0 aliphatic carbocycles. The predicted molar refractivity (Wildman–Crippen MR) is 92.2 cm³/mol. The van der Waals surface area contributed by atoms with E-state index in [-0.39, 0.29) is 5.91 Å². The third-order valence-corrected chi connectivity index (χ3v) is 3.67. The van der Waals surface area contributed by atoms with Gasteiger partial charge in [-0.15, -0.1) is 0 Å². The summed E-state index contributed by atoms with van der Waals surface area (Å²) in [5, 5.41) is 2.78. The summed E-state index contributed by atoms with van der Waals surface area (Å²) in [4.78, 5) is 25.2. The summed E-state index contributed by atoms with van der Waals surface area (Å²) in [6.07, 6.45) is 5.63. The number of hydrogen-bond donors (Lipinski definition) is 2. The van der Waals surface area contributed by atoms with Crippen molar-refractivity contribution in [2.45, 2.75) is 19.9 Å². The molecule has 7 heteroatoms. The molecule has 0 radical (unpaired) electrons. The van der Waals surface area contributed by atoms with Gasteiger partial charge in [-0.05, 0) is 30.7 Å². The molecule has 0 aromatic carbocycles. The number of amides is 1. The molecule has 3 aromatic heterocycles. The van der Waals surface area contributed by atoms with Gasteiger partial charge in [0.25, 0.3) is 0 Å². The van der Waals surface area contributed by atoms with Crippen LogP contribution in [0.25, 0.3) is 22.6 Å². The van der Waals surface area contributed by atoms with E-state index in [1.54, 1.807) is 12.4 Å². The minimum atomic E-state index is -0.0356. The molecule has 3 rings (SSSR count). The minimum absolute atomic E-state index is 0.0356. The molecule has 3 N–H and O–H groups in total. The first-order chi connectivity index (χ1) is 11.7. The molecule has 0 fully saturated rings. The maximum Gasteiger partial charge on any atom is 0.221 e. The molecule has 0 saturated carbocycles. The molecule has 0 saturated heterocycles. The number of hydrogen-bond acceptors (Lipinski definition) is 5. The third kappa shape index (κ3) is 3.41. The number of nitrogens with zero attached hydrogens (tertiary/aromatic N) is 4. The van der Waals surface area contributed by atoms with Crippen LogP contribution in [-0.4, -0.2) is 38.5 Å². The lowest BCUT2D eigenvalue weighted by molar-refractivity contribution is -0.121. The topological polar surface area (TPSA) is 98.7 Å². The quantitative estimate of drug-likeness (QED) is 0.711. The number of carbonyl (C=O) groups excluding carboxylic acids is 1. The van der Waals surface area contributed by atoms with E-state index in [9.17, 15) is 4.79 Å². The standard InChI is InChI=1S/C17H20N6O/c1-12-9-14-17(21-10-12)23(8-4-15(24)20-7-5-18)16(22-14)13-3-2-6-19-11-13/h2-3,6,9-11H,4-5,7-8,18H2,1H3,(H,20,24). The highest BCUT2D eigenvalue weighted by molar-refractivity contribution is 5.79. The SMILES string of the molecule is Cc1cnc2c(c1)nc(-c1cccnc1)n2CCC(=O)NCCN. The van der Waals surface area contributed by atoms with Crippen LogP contribution in [0.4, 0.5) is 0 Å². The van der Waals surface area contributed by atoms with E-state index in [2.05, 4.69) is 15.3 Å². The molecule has 3 aromatic rings. The zero-order chi connectivity index (χ0) is 16.9. The molecule has 0 bridgehead atoms. The van der Waals surface area contributed by atoms with Gasteiger partial charge < -0.3 is 15.6 Å². The molecule has 0 spiro atoms. The Bertz CT molecular complexity index is 843. The fraction of sp³-hybridized carbons (Fsp3) is 0.294. The zero-order valence-electron chi connectivity index (χ0n) is 13.6. The van der Waals surface area contributed by atoms with Crippen molar-refractivity contribution in [3.63, 3.8) is 0 Å². The van der Waals surface area contributed by atoms with Crippen LogP contribution >= 0.6 is 0 Å². The molecular formula is C17H20N6O. The van der Waals surface area contributed by atoms with Crippen LogP contribution in [0.5, 0.6) is 0 Å². The first kappa shape index (κ1) is 16.1. The second-order valence-electron chi connectivity index (χ2n) is 5.57. The number of nitrogens with two attached hydrogens (primary N) is 1. The summed E-state index contributed by atoms with van der Waals surface area (Å²) < 4.78 is 1.97. The van der Waals surface area contributed by atoms with Crippen LogP contribution in [0.1, 0.15) is 12.0 Å². The van der Waals surface area contributed by atoms with Gasteiger partial charge in [0.1, 0.15) is 11.3 Å². The van der Waals surface area contributed by atoms with Gasteiger partial charge in [-0.3, -0.25) is 9.78 Å². The largest absolute Gasteiger partial charge is 0.355 e. The zero-order valence-corrected chi connectivity index (χ0v) is 13.6. The highest BCUT2D eigenvalue weighted by atomic mass is 16.1. The van der Waals surface area contributed by atoms with Gasteiger partial charge in [0.15, 0.2) is 5.65 Å². The minimum Gasteiger partial charge on any atom is -0.355 e. The van der Waals surface area contributed by atoms with Crippen molar-refractivity contribution in [3.05, 3.63) is 42.4 Å². The van der Waals surface area contributed by atoms with Crippen LogP contribution in [0.15, 0.2) is 36.8 Å². The fourth-order valence-electron chi connectivity index (χ4n) is 2.55. The number of aromatic nitrogens is 4. The van der Waals surface area contributed by atoms with E-state index in [0.717, 1.165) is 28.1 Å². The maximum atomic E-state index is 11.9. The lowest BCUT2D eigenvalue weighted by Crippen LogP contribution is -2.29. The van der Waals surface area contributed by atoms with Crippen LogP contribution in [-0.2, 0) is 11.3 Å². The van der Waals surface area contributed by atoms with Gasteiger partial charge in [-0.25, -0.2) is 9.97 Å². The number of carbonyl (C=O) groups is 1. The first-order valence-electron chi connectivity index (χ1n) is 7.89. The summed E-state index contributed by atoms with van der Waals surface area (Å²) in [6.45, 7) is 3.39. The lowest BCUT2D eigenvalue weighted by atomic mass is 10.2. The molecule has 0 unspecified atom stereocenters. The number of pyridine rings is 2. The van der Waals surface area contributed by atoms with E-state index in [1.165, 1.54) is 0 Å². The highest BCUT2D eigenvalue weighted by Gasteiger charge is 2.15. The molecule has 7 nitrogen and oxygen atoms in total. The van der Waals surface area contributed by atoms with Gasteiger partial charge in [0.05, 0.1) is 0 Å². The second kappa shape index (κ2) is 7.18. The van der Waals surface area contributed by atoms with Gasteiger partial charge >= 0.3 is 0 Å². The molecule has 3 heterocycles. The third-order valence-electron chi connectivity index (χ3n) is 3.67. The molecule has 0 aliphatic heterocycles. The Balaban J connectivity index is 1.96. The second-order valence-corrected chi connectivity index (χ2v) is 5.57. The van der Waals surface area contributed by atoms with Crippen molar-refractivity contribution in [2.24, 2.45) is 5.73 Å². The first-order valence-corrected chi connectivity index (χ1v) is 7.89. The molecule has 124 valence electrons. The Morgan fingerprint density at radius 2 is 2.25 bits per heavy atom. The van der Waals surface area contributed by atoms with Crippen LogP contribution in [0, 0.1) is 6.92 Å². The average Bonchev–Trinajstić information content (AvgIpc) is 2.96. The number of imidazole rings is 1. The van der Waals surface area contributed by atoms with Crippen molar-refractivity contribution >= 4 is 17.1 Å². The maximum absolute atomic E-state index is 11.9. The summed E-state index contributed by atoms with van der Waals surface area (Å²) in [5.74, 6) is 0.731. The van der Waals surface area contributed by atoms with Crippen LogP contribution < -0.4 is 11.1 Å². The Morgan fingerprint density at radius 3 is 3.00 bits per heavy atom. The lowest BCUT2D eigenvalue weighted by Gasteiger charge is -2.09. The van der Waals surface area contributed by atoms with E-state index < -0.39 is 0 Å². The van der Waals surface area contributed by atoms with Crippen molar-refractivity contribution in [1.82, 2.24) is 24.8 Å². The van der Waals surface area contributed by atoms with Crippen LogP contribution in [0.2, 0.25) is 0 Å². The summed E-state index contributed by atoms with van der Waals surface area (Å²) in [7, 11) is 0. The summed E-state index contributed by atoms with van der Waals surface area (Å²) in [6, 6.07) is 5.81. The normalized spacial score (nSPS) is 10.9. The summed E-state index contributed by atoms with van der Waals surface area (Å²) >= 11 is 0. The Labute approximate surface area is 139 Å². The Morgan fingerprint density at radius 1 is 1.38 bits per heavy atom. The van der Waals surface area contributed by atoms with E-state index in [1.807, 2.05) is 35.9 Å². The Kier molecular flexibility index (Phi) is 4.81.